The van der Waals surface area contributed by atoms with E-state index in [1.54, 1.807) is 0 Å². The Balaban J connectivity index is 1.94. The molecule has 0 heterocycles. The van der Waals surface area contributed by atoms with Crippen molar-refractivity contribution in [3.05, 3.63) is 0 Å². The number of rotatable bonds is 4. The molecule has 2 fully saturated rings. The van der Waals surface area contributed by atoms with Crippen LogP contribution in [-0.4, -0.2) is 29.1 Å². The van der Waals surface area contributed by atoms with Crippen LogP contribution in [0, 0.1) is 11.8 Å². The molecule has 0 spiro atoms. The molecule has 0 radical (unpaired) electrons. The van der Waals surface area contributed by atoms with Gasteiger partial charge in [-0.15, -0.1) is 0 Å². The molecule has 3 atom stereocenters. The average Bonchev–Trinajstić information content (AvgIpc) is 3.12. The van der Waals surface area contributed by atoms with E-state index >= 15 is 0 Å². The van der Waals surface area contributed by atoms with Crippen molar-refractivity contribution in [3.63, 3.8) is 0 Å². The number of nitrogens with one attached hydrogen (secondary N) is 1. The highest BCUT2D eigenvalue weighted by Crippen LogP contribution is 2.33. The molecule has 0 bridgehead atoms. The van der Waals surface area contributed by atoms with Gasteiger partial charge in [-0.25, -0.2) is 4.79 Å². The zero-order valence-corrected chi connectivity index (χ0v) is 10.6. The molecule has 4 N–H and O–H groups in total. The summed E-state index contributed by atoms with van der Waals surface area (Å²) in [6.07, 6.45) is 6.62. The molecule has 2 aliphatic carbocycles. The summed E-state index contributed by atoms with van der Waals surface area (Å²) in [5.41, 5.74) is 6.02. The molecule has 2 saturated carbocycles. The van der Waals surface area contributed by atoms with Crippen LogP contribution in [-0.2, 0) is 9.59 Å². The maximum Gasteiger partial charge on any atom is 0.326 e. The number of carboxylic acid groups (broad SMARTS) is 1. The zero-order chi connectivity index (χ0) is 13.1. The quantitative estimate of drug-likeness (QED) is 0.649. The van der Waals surface area contributed by atoms with Crippen molar-refractivity contribution in [2.75, 3.05) is 0 Å². The first-order chi connectivity index (χ1) is 8.59. The predicted octanol–water partition coefficient (Wildman–Crippen LogP) is 0.873. The third-order valence-corrected chi connectivity index (χ3v) is 4.06. The van der Waals surface area contributed by atoms with Gasteiger partial charge in [-0.3, -0.25) is 4.79 Å². The molecule has 3 unspecified atom stereocenters. The number of hydrogen-bond acceptors (Lipinski definition) is 3. The molecule has 1 amide bonds. The Bertz CT molecular complexity index is 328. The summed E-state index contributed by atoms with van der Waals surface area (Å²) < 4.78 is 0. The van der Waals surface area contributed by atoms with Gasteiger partial charge in [0.05, 0.1) is 5.92 Å². The standard InChI is InChI=1S/C13H22N2O3/c14-10-5-3-1-2-4-9(10)12(16)15-11(13(17)18)8-6-7-8/h8-11H,1-7,14H2,(H,15,16)(H,17,18). The number of amides is 1. The van der Waals surface area contributed by atoms with Gasteiger partial charge in [0, 0.05) is 6.04 Å². The zero-order valence-electron chi connectivity index (χ0n) is 10.6. The number of carbonyl (C=O) groups excluding carboxylic acids is 1. The lowest BCUT2D eigenvalue weighted by molar-refractivity contribution is -0.143. The van der Waals surface area contributed by atoms with Crippen molar-refractivity contribution >= 4 is 11.9 Å². The molecule has 0 aromatic rings. The second-order valence-electron chi connectivity index (χ2n) is 5.57. The smallest absolute Gasteiger partial charge is 0.326 e. The summed E-state index contributed by atoms with van der Waals surface area (Å²) in [7, 11) is 0. The van der Waals surface area contributed by atoms with E-state index in [2.05, 4.69) is 5.32 Å². The minimum absolute atomic E-state index is 0.119. The summed E-state index contributed by atoms with van der Waals surface area (Å²) in [6, 6.07) is -0.839. The molecule has 5 heteroatoms. The van der Waals surface area contributed by atoms with Crippen LogP contribution < -0.4 is 11.1 Å². The average molecular weight is 254 g/mol. The van der Waals surface area contributed by atoms with Crippen LogP contribution in [0.3, 0.4) is 0 Å². The van der Waals surface area contributed by atoms with E-state index < -0.39 is 12.0 Å². The predicted molar refractivity (Wildman–Crippen MR) is 66.8 cm³/mol. The second-order valence-corrected chi connectivity index (χ2v) is 5.57. The number of hydrogen-bond donors (Lipinski definition) is 3. The molecule has 0 aromatic heterocycles. The minimum atomic E-state index is -0.923. The SMILES string of the molecule is NC1CCCCCC1C(=O)NC(C(=O)O)C1CC1. The van der Waals surface area contributed by atoms with E-state index in [-0.39, 0.29) is 23.8 Å². The second kappa shape index (κ2) is 5.69. The van der Waals surface area contributed by atoms with Crippen LogP contribution in [0.2, 0.25) is 0 Å². The Morgan fingerprint density at radius 3 is 2.39 bits per heavy atom. The van der Waals surface area contributed by atoms with Gasteiger partial charge in [-0.2, -0.15) is 0 Å². The molecule has 2 rings (SSSR count). The van der Waals surface area contributed by atoms with Gasteiger partial charge in [-0.1, -0.05) is 19.3 Å². The van der Waals surface area contributed by atoms with Crippen molar-refractivity contribution in [2.24, 2.45) is 17.6 Å². The van der Waals surface area contributed by atoms with Crippen LogP contribution in [0.5, 0.6) is 0 Å². The van der Waals surface area contributed by atoms with E-state index in [1.165, 1.54) is 0 Å². The molecular formula is C13H22N2O3. The highest BCUT2D eigenvalue weighted by atomic mass is 16.4. The van der Waals surface area contributed by atoms with E-state index in [0.717, 1.165) is 44.9 Å². The Morgan fingerprint density at radius 1 is 1.11 bits per heavy atom. The Morgan fingerprint density at radius 2 is 1.78 bits per heavy atom. The molecule has 2 aliphatic rings. The van der Waals surface area contributed by atoms with Crippen molar-refractivity contribution in [1.82, 2.24) is 5.32 Å². The summed E-state index contributed by atoms with van der Waals surface area (Å²) in [4.78, 5) is 23.3. The molecule has 0 saturated heterocycles. The topological polar surface area (TPSA) is 92.4 Å². The van der Waals surface area contributed by atoms with E-state index in [9.17, 15) is 9.59 Å². The molecule has 0 aliphatic heterocycles. The fourth-order valence-electron chi connectivity index (χ4n) is 2.73. The van der Waals surface area contributed by atoms with E-state index in [1.807, 2.05) is 0 Å². The first kappa shape index (κ1) is 13.3. The summed E-state index contributed by atoms with van der Waals surface area (Å²) >= 11 is 0. The monoisotopic (exact) mass is 254 g/mol. The van der Waals surface area contributed by atoms with Gasteiger partial charge in [-0.05, 0) is 31.6 Å². The third-order valence-electron chi connectivity index (χ3n) is 4.06. The largest absolute Gasteiger partial charge is 0.480 e. The Kier molecular flexibility index (Phi) is 4.22. The lowest BCUT2D eigenvalue weighted by Gasteiger charge is -2.23. The lowest BCUT2D eigenvalue weighted by atomic mass is 9.94. The van der Waals surface area contributed by atoms with Crippen molar-refractivity contribution in [1.29, 1.82) is 0 Å². The first-order valence-corrected chi connectivity index (χ1v) is 6.88. The van der Waals surface area contributed by atoms with Crippen molar-refractivity contribution in [3.8, 4) is 0 Å². The third kappa shape index (κ3) is 3.22. The molecular weight excluding hydrogens is 232 g/mol. The highest BCUT2D eigenvalue weighted by Gasteiger charge is 2.39. The molecule has 0 aromatic carbocycles. The Labute approximate surface area is 107 Å². The summed E-state index contributed by atoms with van der Waals surface area (Å²) in [5.74, 6) is -1.18. The minimum Gasteiger partial charge on any atom is -0.480 e. The van der Waals surface area contributed by atoms with Gasteiger partial charge in [0.15, 0.2) is 0 Å². The van der Waals surface area contributed by atoms with Crippen LogP contribution in [0.25, 0.3) is 0 Å². The highest BCUT2D eigenvalue weighted by molar-refractivity contribution is 5.85. The molecule has 5 nitrogen and oxygen atoms in total. The van der Waals surface area contributed by atoms with Crippen LogP contribution in [0.4, 0.5) is 0 Å². The van der Waals surface area contributed by atoms with Crippen molar-refractivity contribution < 1.29 is 14.7 Å². The fraction of sp³-hybridized carbons (Fsp3) is 0.846. The summed E-state index contributed by atoms with van der Waals surface area (Å²) in [5, 5.41) is 11.8. The van der Waals surface area contributed by atoms with E-state index in [0.29, 0.717) is 0 Å². The van der Waals surface area contributed by atoms with E-state index in [4.69, 9.17) is 10.8 Å². The number of nitrogens with two attached hydrogens (primary N) is 1. The van der Waals surface area contributed by atoms with Gasteiger partial charge >= 0.3 is 5.97 Å². The normalized spacial score (nSPS) is 30.3. The lowest BCUT2D eigenvalue weighted by Crippen LogP contribution is -2.48. The summed E-state index contributed by atoms with van der Waals surface area (Å²) in [6.45, 7) is 0. The van der Waals surface area contributed by atoms with Crippen LogP contribution in [0.15, 0.2) is 0 Å². The van der Waals surface area contributed by atoms with Crippen molar-refractivity contribution in [2.45, 2.75) is 57.0 Å². The number of carboxylic acids is 1. The van der Waals surface area contributed by atoms with Crippen LogP contribution >= 0.6 is 0 Å². The maximum absolute atomic E-state index is 12.2. The van der Waals surface area contributed by atoms with Gasteiger partial charge in [0.2, 0.25) is 5.91 Å². The maximum atomic E-state index is 12.2. The number of carbonyl (C=O) groups is 2. The van der Waals surface area contributed by atoms with Gasteiger partial charge < -0.3 is 16.2 Å². The first-order valence-electron chi connectivity index (χ1n) is 6.88. The molecule has 102 valence electrons. The van der Waals surface area contributed by atoms with Gasteiger partial charge in [0.25, 0.3) is 0 Å². The fourth-order valence-corrected chi connectivity index (χ4v) is 2.73. The van der Waals surface area contributed by atoms with Crippen LogP contribution in [0.1, 0.15) is 44.9 Å². The van der Waals surface area contributed by atoms with Gasteiger partial charge in [0.1, 0.15) is 6.04 Å². The Hall–Kier alpha value is -1.10. The number of aliphatic carboxylic acids is 1. The molecule has 18 heavy (non-hydrogen) atoms.